The Morgan fingerprint density at radius 1 is 0.781 bits per heavy atom. The van der Waals surface area contributed by atoms with E-state index in [4.69, 9.17) is 30.8 Å². The summed E-state index contributed by atoms with van der Waals surface area (Å²) in [5.74, 6) is 1.72. The minimum Gasteiger partial charge on any atom is -0.493 e. The van der Waals surface area contributed by atoms with E-state index in [2.05, 4.69) is 23.5 Å². The summed E-state index contributed by atoms with van der Waals surface area (Å²) in [6, 6.07) is 22.0. The lowest BCUT2D eigenvalue weighted by molar-refractivity contribution is 0.327. The van der Waals surface area contributed by atoms with Crippen LogP contribution in [0.15, 0.2) is 66.7 Å². The van der Waals surface area contributed by atoms with Gasteiger partial charge in [0.1, 0.15) is 0 Å². The van der Waals surface area contributed by atoms with Gasteiger partial charge in [0.2, 0.25) is 5.75 Å². The molecule has 0 fully saturated rings. The molecule has 164 valence electrons. The number of hydrogen-bond acceptors (Lipinski definition) is 5. The van der Waals surface area contributed by atoms with Crippen molar-refractivity contribution in [1.29, 1.82) is 0 Å². The number of nitrogens with one attached hydrogen (secondary N) is 1. The summed E-state index contributed by atoms with van der Waals surface area (Å²) in [7, 11) is 4.83. The molecule has 0 radical (unpaired) electrons. The molecule has 0 atom stereocenters. The fraction of sp³-hybridized carbons (Fsp3) is 0.192. The first-order chi connectivity index (χ1) is 15.7. The van der Waals surface area contributed by atoms with E-state index in [-0.39, 0.29) is 0 Å². The molecule has 0 saturated heterocycles. The van der Waals surface area contributed by atoms with Crippen molar-refractivity contribution in [2.75, 3.05) is 21.3 Å². The van der Waals surface area contributed by atoms with Gasteiger partial charge in [-0.25, -0.2) is 4.98 Å². The predicted molar refractivity (Wildman–Crippen MR) is 129 cm³/mol. The van der Waals surface area contributed by atoms with Gasteiger partial charge >= 0.3 is 0 Å². The monoisotopic (exact) mass is 448 g/mol. The van der Waals surface area contributed by atoms with Gasteiger partial charge in [0.05, 0.1) is 32.5 Å². The van der Waals surface area contributed by atoms with E-state index in [9.17, 15) is 0 Å². The van der Waals surface area contributed by atoms with Gasteiger partial charge < -0.3 is 19.5 Å². The van der Waals surface area contributed by atoms with Gasteiger partial charge in [-0.3, -0.25) is 0 Å². The number of fused-ring (bicyclic) bond motifs is 1. The standard InChI is InChI=1S/C26H25ClN2O3/c1-30-23-14-22-20(25(31-2)26(23)32-3)13-19(24(29-22)17-9-5-4-6-10-17)16-28-15-18-11-7-8-12-21(18)27/h4-14,28H,15-16H2,1-3H3. The van der Waals surface area contributed by atoms with Crippen LogP contribution in [0.25, 0.3) is 22.2 Å². The fourth-order valence-corrected chi connectivity index (χ4v) is 3.99. The van der Waals surface area contributed by atoms with Crippen LogP contribution in [0.5, 0.6) is 17.2 Å². The molecule has 3 aromatic carbocycles. The third-order valence-corrected chi connectivity index (χ3v) is 5.71. The van der Waals surface area contributed by atoms with Crippen molar-refractivity contribution in [3.8, 4) is 28.5 Å². The molecule has 6 heteroatoms. The average Bonchev–Trinajstić information content (AvgIpc) is 2.84. The second-order valence-electron chi connectivity index (χ2n) is 7.27. The highest BCUT2D eigenvalue weighted by atomic mass is 35.5. The zero-order valence-corrected chi connectivity index (χ0v) is 19.1. The number of methoxy groups -OCH3 is 3. The van der Waals surface area contributed by atoms with Crippen LogP contribution in [-0.4, -0.2) is 26.3 Å². The molecule has 1 heterocycles. The van der Waals surface area contributed by atoms with E-state index < -0.39 is 0 Å². The maximum atomic E-state index is 6.32. The van der Waals surface area contributed by atoms with Gasteiger partial charge in [0.15, 0.2) is 11.5 Å². The largest absolute Gasteiger partial charge is 0.493 e. The molecule has 1 N–H and O–H groups in total. The summed E-state index contributed by atoms with van der Waals surface area (Å²) in [5.41, 5.74) is 4.80. The van der Waals surface area contributed by atoms with Gasteiger partial charge in [0, 0.05) is 35.1 Å². The number of hydrogen-bond donors (Lipinski definition) is 1. The molecule has 0 amide bonds. The van der Waals surface area contributed by atoms with Gasteiger partial charge in [-0.1, -0.05) is 60.1 Å². The number of benzene rings is 3. The molecule has 32 heavy (non-hydrogen) atoms. The van der Waals surface area contributed by atoms with Gasteiger partial charge in [-0.15, -0.1) is 0 Å². The van der Waals surface area contributed by atoms with Crippen molar-refractivity contribution in [2.24, 2.45) is 0 Å². The first kappa shape index (κ1) is 21.9. The topological polar surface area (TPSA) is 52.6 Å². The Bertz CT molecular complexity index is 1230. The fourth-order valence-electron chi connectivity index (χ4n) is 3.79. The van der Waals surface area contributed by atoms with Gasteiger partial charge in [-0.2, -0.15) is 0 Å². The lowest BCUT2D eigenvalue weighted by Gasteiger charge is -2.17. The summed E-state index contributed by atoms with van der Waals surface area (Å²) >= 11 is 6.32. The first-order valence-electron chi connectivity index (χ1n) is 10.3. The molecule has 1 aromatic heterocycles. The smallest absolute Gasteiger partial charge is 0.204 e. The molecule has 0 saturated carbocycles. The van der Waals surface area contributed by atoms with Gasteiger partial charge in [0.25, 0.3) is 0 Å². The molecule has 0 aliphatic carbocycles. The quantitative estimate of drug-likeness (QED) is 0.365. The Balaban J connectivity index is 1.80. The lowest BCUT2D eigenvalue weighted by atomic mass is 10.0. The van der Waals surface area contributed by atoms with Crippen LogP contribution in [0.2, 0.25) is 5.02 Å². The Hall–Kier alpha value is -3.28. The van der Waals surface area contributed by atoms with Gasteiger partial charge in [-0.05, 0) is 23.3 Å². The van der Waals surface area contributed by atoms with Crippen molar-refractivity contribution >= 4 is 22.5 Å². The Morgan fingerprint density at radius 2 is 1.47 bits per heavy atom. The number of nitrogens with zero attached hydrogens (tertiary/aromatic N) is 1. The molecule has 0 aliphatic heterocycles. The Morgan fingerprint density at radius 3 is 2.16 bits per heavy atom. The molecule has 5 nitrogen and oxygen atoms in total. The number of pyridine rings is 1. The molecule has 4 aromatic rings. The summed E-state index contributed by atoms with van der Waals surface area (Å²) in [5, 5.41) is 5.11. The minimum atomic E-state index is 0.548. The van der Waals surface area contributed by atoms with Crippen molar-refractivity contribution in [1.82, 2.24) is 10.3 Å². The zero-order chi connectivity index (χ0) is 22.5. The second kappa shape index (κ2) is 9.90. The lowest BCUT2D eigenvalue weighted by Crippen LogP contribution is -2.14. The molecule has 4 rings (SSSR count). The van der Waals surface area contributed by atoms with Crippen molar-refractivity contribution in [3.63, 3.8) is 0 Å². The summed E-state index contributed by atoms with van der Waals surface area (Å²) in [4.78, 5) is 5.00. The second-order valence-corrected chi connectivity index (χ2v) is 7.68. The highest BCUT2D eigenvalue weighted by Crippen LogP contribution is 2.44. The van der Waals surface area contributed by atoms with Crippen molar-refractivity contribution in [2.45, 2.75) is 13.1 Å². The number of ether oxygens (including phenoxy) is 3. The molecule has 0 bridgehead atoms. The summed E-state index contributed by atoms with van der Waals surface area (Å²) in [6.45, 7) is 1.25. The molecule has 0 unspecified atom stereocenters. The van der Waals surface area contributed by atoms with Crippen LogP contribution in [-0.2, 0) is 13.1 Å². The van der Waals surface area contributed by atoms with Crippen LogP contribution in [0.3, 0.4) is 0 Å². The Kier molecular flexibility index (Phi) is 6.78. The molecule has 0 spiro atoms. The van der Waals surface area contributed by atoms with Crippen LogP contribution < -0.4 is 19.5 Å². The first-order valence-corrected chi connectivity index (χ1v) is 10.7. The number of aromatic nitrogens is 1. The highest BCUT2D eigenvalue weighted by molar-refractivity contribution is 6.31. The van der Waals surface area contributed by atoms with E-state index in [1.807, 2.05) is 48.5 Å². The maximum absolute atomic E-state index is 6.32. The summed E-state index contributed by atoms with van der Waals surface area (Å²) < 4.78 is 16.8. The molecule has 0 aliphatic rings. The SMILES string of the molecule is COc1cc2nc(-c3ccccc3)c(CNCc3ccccc3Cl)cc2c(OC)c1OC. The van der Waals surface area contributed by atoms with E-state index in [0.29, 0.717) is 30.3 Å². The van der Waals surface area contributed by atoms with E-state index in [0.717, 1.165) is 38.3 Å². The zero-order valence-electron chi connectivity index (χ0n) is 18.3. The Labute approximate surface area is 192 Å². The van der Waals surface area contributed by atoms with Crippen molar-refractivity contribution in [3.05, 3.63) is 82.9 Å². The third-order valence-electron chi connectivity index (χ3n) is 5.34. The van der Waals surface area contributed by atoms with Crippen LogP contribution in [0, 0.1) is 0 Å². The van der Waals surface area contributed by atoms with Crippen LogP contribution >= 0.6 is 11.6 Å². The average molecular weight is 449 g/mol. The third kappa shape index (κ3) is 4.35. The number of rotatable bonds is 8. The molecular weight excluding hydrogens is 424 g/mol. The normalized spacial score (nSPS) is 10.9. The highest BCUT2D eigenvalue weighted by Gasteiger charge is 2.19. The number of halogens is 1. The summed E-state index contributed by atoms with van der Waals surface area (Å²) in [6.07, 6.45) is 0. The van der Waals surface area contributed by atoms with E-state index in [1.54, 1.807) is 21.3 Å². The van der Waals surface area contributed by atoms with E-state index >= 15 is 0 Å². The molecular formula is C26H25ClN2O3. The van der Waals surface area contributed by atoms with Crippen LogP contribution in [0.1, 0.15) is 11.1 Å². The predicted octanol–water partition coefficient (Wildman–Crippen LogP) is 5.87. The van der Waals surface area contributed by atoms with Crippen molar-refractivity contribution < 1.29 is 14.2 Å². The maximum Gasteiger partial charge on any atom is 0.204 e. The van der Waals surface area contributed by atoms with Crippen LogP contribution in [0.4, 0.5) is 0 Å². The van der Waals surface area contributed by atoms with E-state index in [1.165, 1.54) is 0 Å². The minimum absolute atomic E-state index is 0.548.